The van der Waals surface area contributed by atoms with Crippen LogP contribution in [0.3, 0.4) is 0 Å². The number of carbonyl (C=O) groups is 1. The van der Waals surface area contributed by atoms with Gasteiger partial charge in [-0.1, -0.05) is 76.9 Å². The first kappa shape index (κ1) is 27.9. The molecule has 2 aliphatic rings. The topological polar surface area (TPSA) is 74.5 Å². The van der Waals surface area contributed by atoms with Gasteiger partial charge in [0.25, 0.3) is 0 Å². The van der Waals surface area contributed by atoms with E-state index in [1.807, 2.05) is 0 Å². The average molecular weight is 591 g/mol. The van der Waals surface area contributed by atoms with E-state index in [9.17, 15) is 4.79 Å². The fraction of sp³-hybridized carbons (Fsp3) is 0.344. The van der Waals surface area contributed by atoms with E-state index < -0.39 is 0 Å². The number of likely N-dealkylation sites (tertiary alicyclic amines) is 1. The van der Waals surface area contributed by atoms with Crippen molar-refractivity contribution in [2.24, 2.45) is 5.92 Å². The first-order valence-electron chi connectivity index (χ1n) is 14.2. The molecule has 1 fully saturated rings. The number of hydrogen-bond acceptors (Lipinski definition) is 6. The minimum Gasteiger partial charge on any atom is -0.352 e. The minimum atomic E-state index is -0.0712. The van der Waals surface area contributed by atoms with Crippen molar-refractivity contribution < 1.29 is 9.32 Å². The van der Waals surface area contributed by atoms with Crippen LogP contribution in [-0.2, 0) is 37.4 Å². The smallest absolute Gasteiger partial charge is 0.241 e. The summed E-state index contributed by atoms with van der Waals surface area (Å²) in [5, 5.41) is 8.26. The van der Waals surface area contributed by atoms with Gasteiger partial charge in [0.2, 0.25) is 17.6 Å². The van der Waals surface area contributed by atoms with Crippen molar-refractivity contribution in [1.82, 2.24) is 25.3 Å². The van der Waals surface area contributed by atoms with Gasteiger partial charge < -0.3 is 9.84 Å². The van der Waals surface area contributed by atoms with Crippen LogP contribution in [0.4, 0.5) is 0 Å². The van der Waals surface area contributed by atoms with Crippen molar-refractivity contribution in [3.05, 3.63) is 105 Å². The summed E-state index contributed by atoms with van der Waals surface area (Å²) < 4.78 is 5.48. The van der Waals surface area contributed by atoms with Crippen LogP contribution in [0.15, 0.2) is 71.3 Å². The molecular weight excluding hydrogens is 557 g/mol. The van der Waals surface area contributed by atoms with E-state index in [4.69, 9.17) is 27.7 Å². The lowest BCUT2D eigenvalue weighted by Crippen LogP contribution is -2.42. The molecule has 0 bridgehead atoms. The van der Waals surface area contributed by atoms with Crippen molar-refractivity contribution in [3.63, 3.8) is 0 Å². The number of amides is 1. The summed E-state index contributed by atoms with van der Waals surface area (Å²) in [5.41, 5.74) is 5.98. The molecule has 6 rings (SSSR count). The summed E-state index contributed by atoms with van der Waals surface area (Å²) in [5.74, 6) is 0.948. The summed E-state index contributed by atoms with van der Waals surface area (Å²) in [6.07, 6.45) is 2.92. The SMILES string of the molecule is O=C(NCc1ccc(CN2CCc3ccccc3C2)cc1)C1CCCN(Cc2nc(-c3ccc(Cl)cc3Cl)no2)C1. The lowest BCUT2D eigenvalue weighted by molar-refractivity contribution is -0.127. The Labute approximate surface area is 250 Å². The first-order valence-corrected chi connectivity index (χ1v) is 14.9. The van der Waals surface area contributed by atoms with E-state index in [2.05, 4.69) is 73.8 Å². The Balaban J connectivity index is 0.974. The van der Waals surface area contributed by atoms with Gasteiger partial charge >= 0.3 is 0 Å². The molecule has 3 aromatic carbocycles. The van der Waals surface area contributed by atoms with E-state index in [0.717, 1.165) is 51.0 Å². The van der Waals surface area contributed by atoms with Crippen LogP contribution in [0.1, 0.15) is 41.0 Å². The molecular formula is C32H33Cl2N5O2. The Kier molecular flexibility index (Phi) is 8.67. The molecule has 212 valence electrons. The second-order valence-corrected chi connectivity index (χ2v) is 11.8. The van der Waals surface area contributed by atoms with Gasteiger partial charge in [0.05, 0.1) is 17.5 Å². The van der Waals surface area contributed by atoms with Crippen LogP contribution in [0.2, 0.25) is 10.0 Å². The summed E-state index contributed by atoms with van der Waals surface area (Å²) in [4.78, 5) is 22.2. The van der Waals surface area contributed by atoms with Gasteiger partial charge in [-0.05, 0) is 66.3 Å². The average Bonchev–Trinajstić information content (AvgIpc) is 3.44. The van der Waals surface area contributed by atoms with Crippen molar-refractivity contribution in [2.45, 2.75) is 45.4 Å². The maximum atomic E-state index is 13.0. The first-order chi connectivity index (χ1) is 20.0. The highest BCUT2D eigenvalue weighted by Crippen LogP contribution is 2.29. The number of nitrogens with one attached hydrogen (secondary N) is 1. The fourth-order valence-electron chi connectivity index (χ4n) is 5.75. The molecule has 0 aliphatic carbocycles. The monoisotopic (exact) mass is 589 g/mol. The second kappa shape index (κ2) is 12.7. The Morgan fingerprint density at radius 2 is 1.76 bits per heavy atom. The zero-order valence-electron chi connectivity index (χ0n) is 22.9. The van der Waals surface area contributed by atoms with Gasteiger partial charge in [0, 0.05) is 43.3 Å². The normalized spacial score (nSPS) is 17.8. The van der Waals surface area contributed by atoms with Crippen LogP contribution < -0.4 is 5.32 Å². The molecule has 41 heavy (non-hydrogen) atoms. The van der Waals surface area contributed by atoms with Crippen molar-refractivity contribution in [1.29, 1.82) is 0 Å². The number of piperidine rings is 1. The van der Waals surface area contributed by atoms with E-state index in [1.165, 1.54) is 16.7 Å². The number of carbonyl (C=O) groups excluding carboxylic acids is 1. The number of rotatable bonds is 8. The molecule has 0 saturated carbocycles. The van der Waals surface area contributed by atoms with Gasteiger partial charge in [-0.3, -0.25) is 14.6 Å². The van der Waals surface area contributed by atoms with Crippen LogP contribution in [0.25, 0.3) is 11.4 Å². The Morgan fingerprint density at radius 3 is 2.59 bits per heavy atom. The Hall–Kier alpha value is -3.23. The third-order valence-electron chi connectivity index (χ3n) is 7.98. The van der Waals surface area contributed by atoms with Gasteiger partial charge in [-0.15, -0.1) is 0 Å². The maximum absolute atomic E-state index is 13.0. The number of halogens is 2. The highest BCUT2D eigenvalue weighted by molar-refractivity contribution is 6.36. The van der Waals surface area contributed by atoms with Gasteiger partial charge in [0.15, 0.2) is 0 Å². The largest absolute Gasteiger partial charge is 0.352 e. The number of fused-ring (bicyclic) bond motifs is 1. The van der Waals surface area contributed by atoms with Gasteiger partial charge in [-0.25, -0.2) is 0 Å². The van der Waals surface area contributed by atoms with E-state index in [1.54, 1.807) is 18.2 Å². The molecule has 0 spiro atoms. The summed E-state index contributed by atoms with van der Waals surface area (Å²) in [6.45, 7) is 5.57. The molecule has 0 radical (unpaired) electrons. The molecule has 1 amide bonds. The van der Waals surface area contributed by atoms with Crippen molar-refractivity contribution >= 4 is 29.1 Å². The molecule has 4 aromatic rings. The van der Waals surface area contributed by atoms with Gasteiger partial charge in [0.1, 0.15) is 0 Å². The molecule has 2 aliphatic heterocycles. The lowest BCUT2D eigenvalue weighted by Gasteiger charge is -2.30. The molecule has 9 heteroatoms. The standard InChI is InChI=1S/C32H33Cl2N5O2/c33-27-11-12-28(29(34)16-27)31-36-30(41-37-31)21-38-14-3-6-26(20-38)32(40)35-17-22-7-9-23(10-8-22)18-39-15-13-24-4-1-2-5-25(24)19-39/h1-2,4-5,7-12,16,26H,3,6,13-15,17-21H2,(H,35,40). The van der Waals surface area contributed by atoms with E-state index in [0.29, 0.717) is 47.0 Å². The summed E-state index contributed by atoms with van der Waals surface area (Å²) in [7, 11) is 0. The molecule has 1 saturated heterocycles. The van der Waals surface area contributed by atoms with Crippen molar-refractivity contribution in [2.75, 3.05) is 19.6 Å². The zero-order chi connectivity index (χ0) is 28.2. The third-order valence-corrected chi connectivity index (χ3v) is 8.53. The van der Waals surface area contributed by atoms with Crippen molar-refractivity contribution in [3.8, 4) is 11.4 Å². The fourth-order valence-corrected chi connectivity index (χ4v) is 6.24. The quantitative estimate of drug-likeness (QED) is 0.266. The zero-order valence-corrected chi connectivity index (χ0v) is 24.4. The van der Waals surface area contributed by atoms with Crippen LogP contribution >= 0.6 is 23.2 Å². The number of nitrogens with zero attached hydrogens (tertiary/aromatic N) is 4. The minimum absolute atomic E-state index is 0.0712. The number of hydrogen-bond donors (Lipinski definition) is 1. The molecule has 3 heterocycles. The number of benzene rings is 3. The molecule has 1 atom stereocenters. The second-order valence-electron chi connectivity index (χ2n) is 11.0. The van der Waals surface area contributed by atoms with Crippen LogP contribution in [-0.4, -0.2) is 45.5 Å². The van der Waals surface area contributed by atoms with E-state index in [-0.39, 0.29) is 11.8 Å². The molecule has 1 unspecified atom stereocenters. The number of aromatic nitrogens is 2. The maximum Gasteiger partial charge on any atom is 0.241 e. The lowest BCUT2D eigenvalue weighted by atomic mass is 9.97. The van der Waals surface area contributed by atoms with Crippen LogP contribution in [0.5, 0.6) is 0 Å². The predicted octanol–water partition coefficient (Wildman–Crippen LogP) is 6.13. The highest BCUT2D eigenvalue weighted by Gasteiger charge is 2.27. The molecule has 7 nitrogen and oxygen atoms in total. The Morgan fingerprint density at radius 1 is 0.951 bits per heavy atom. The predicted molar refractivity (Wildman–Crippen MR) is 160 cm³/mol. The third kappa shape index (κ3) is 6.99. The highest BCUT2D eigenvalue weighted by atomic mass is 35.5. The molecule has 1 N–H and O–H groups in total. The molecule has 1 aromatic heterocycles. The van der Waals surface area contributed by atoms with E-state index >= 15 is 0 Å². The van der Waals surface area contributed by atoms with Gasteiger partial charge in [-0.2, -0.15) is 4.98 Å². The summed E-state index contributed by atoms with van der Waals surface area (Å²) >= 11 is 12.3. The summed E-state index contributed by atoms with van der Waals surface area (Å²) in [6, 6.07) is 22.5. The Bertz CT molecular complexity index is 1510. The van der Waals surface area contributed by atoms with Crippen LogP contribution in [0, 0.1) is 5.92 Å².